The monoisotopic (exact) mass is 1180 g/mol. The van der Waals surface area contributed by atoms with E-state index in [0.29, 0.717) is 17.4 Å². The number of ether oxygens (including phenoxy) is 1. The molecular weight excluding hydrogens is 1050 g/mol. The first-order chi connectivity index (χ1) is 40.4. The first kappa shape index (κ1) is 79.4. The second-order valence-electron chi connectivity index (χ2n) is 23.6. The van der Waals surface area contributed by atoms with E-state index in [1.165, 1.54) is 122 Å². The number of rotatable bonds is 60. The van der Waals surface area contributed by atoms with Crippen LogP contribution < -0.4 is 5.32 Å². The molecule has 1 amide bonds. The van der Waals surface area contributed by atoms with Crippen LogP contribution in [0.1, 0.15) is 278 Å². The molecule has 0 saturated carbocycles. The van der Waals surface area contributed by atoms with E-state index in [1.54, 1.807) is 0 Å². The fraction of sp³-hybridized carbons (Fsp3) is 0.699. The van der Waals surface area contributed by atoms with E-state index in [1.807, 2.05) is 33.3 Å². The smallest absolute Gasteiger partial charge is 0.456 e. The maximum Gasteiger partial charge on any atom is 0.472 e. The number of nitrogens with zero attached hydrogens (tertiary/aromatic N) is 1. The minimum Gasteiger partial charge on any atom is -0.456 e. The number of unbranched alkanes of at least 4 members (excludes halogenated alkanes) is 26. The molecule has 0 aromatic rings. The van der Waals surface area contributed by atoms with Crippen molar-refractivity contribution in [3.63, 3.8) is 0 Å². The van der Waals surface area contributed by atoms with Crippen LogP contribution in [0.15, 0.2) is 122 Å². The zero-order valence-corrected chi connectivity index (χ0v) is 55.3. The van der Waals surface area contributed by atoms with Crippen LogP contribution in [0, 0.1) is 0 Å². The molecule has 3 atom stereocenters. The van der Waals surface area contributed by atoms with Gasteiger partial charge in [-0.15, -0.1) is 0 Å². The second-order valence-corrected chi connectivity index (χ2v) is 25.1. The van der Waals surface area contributed by atoms with Crippen LogP contribution in [0.5, 0.6) is 0 Å². The topological polar surface area (TPSA) is 111 Å². The highest BCUT2D eigenvalue weighted by Gasteiger charge is 2.30. The molecule has 476 valence electrons. The Balaban J connectivity index is 5.28. The summed E-state index contributed by atoms with van der Waals surface area (Å²) in [5, 5.41) is 3.04. The lowest BCUT2D eigenvalue weighted by atomic mass is 10.0. The van der Waals surface area contributed by atoms with Gasteiger partial charge in [-0.05, 0) is 122 Å². The maximum absolute atomic E-state index is 13.6. The minimum absolute atomic E-state index is 0.0249. The molecule has 3 unspecified atom stereocenters. The van der Waals surface area contributed by atoms with Crippen molar-refractivity contribution in [1.82, 2.24) is 5.32 Å². The van der Waals surface area contributed by atoms with Crippen molar-refractivity contribution in [3.8, 4) is 0 Å². The Bertz CT molecular complexity index is 1830. The molecule has 0 aliphatic heterocycles. The van der Waals surface area contributed by atoms with Crippen molar-refractivity contribution in [3.05, 3.63) is 122 Å². The molecule has 0 rings (SSSR count). The van der Waals surface area contributed by atoms with Gasteiger partial charge in [-0.3, -0.25) is 18.6 Å². The van der Waals surface area contributed by atoms with Gasteiger partial charge in [0.05, 0.1) is 33.8 Å². The normalized spacial score (nSPS) is 14.3. The summed E-state index contributed by atoms with van der Waals surface area (Å²) in [5.74, 6) is -0.563. The van der Waals surface area contributed by atoms with Crippen molar-refractivity contribution in [2.75, 3.05) is 40.9 Å². The predicted molar refractivity (Wildman–Crippen MR) is 360 cm³/mol. The molecule has 0 spiro atoms. The van der Waals surface area contributed by atoms with Gasteiger partial charge in [-0.2, -0.15) is 0 Å². The van der Waals surface area contributed by atoms with Crippen LogP contribution in [0.3, 0.4) is 0 Å². The number of amides is 1. The molecular formula is C73H128N2O7P+. The number of hydrogen-bond acceptors (Lipinski definition) is 6. The highest BCUT2D eigenvalue weighted by molar-refractivity contribution is 7.47. The lowest BCUT2D eigenvalue weighted by Gasteiger charge is -2.27. The molecule has 0 radical (unpaired) electrons. The average Bonchev–Trinajstić information content (AvgIpc) is 3.46. The first-order valence-corrected chi connectivity index (χ1v) is 35.4. The Morgan fingerprint density at radius 1 is 0.434 bits per heavy atom. The van der Waals surface area contributed by atoms with Gasteiger partial charge in [0.15, 0.2) is 0 Å². The lowest BCUT2D eigenvalue weighted by Crippen LogP contribution is -2.47. The number of nitrogens with one attached hydrogen (secondary N) is 1. The van der Waals surface area contributed by atoms with Gasteiger partial charge >= 0.3 is 13.8 Å². The van der Waals surface area contributed by atoms with Gasteiger partial charge in [0.2, 0.25) is 5.91 Å². The number of carbonyl (C=O) groups is 2. The first-order valence-electron chi connectivity index (χ1n) is 33.9. The third-order valence-corrected chi connectivity index (χ3v) is 15.4. The van der Waals surface area contributed by atoms with Gasteiger partial charge in [0, 0.05) is 12.8 Å². The summed E-state index contributed by atoms with van der Waals surface area (Å²) < 4.78 is 30.8. The van der Waals surface area contributed by atoms with Crippen LogP contribution in [0.25, 0.3) is 0 Å². The second kappa shape index (κ2) is 61.5. The molecule has 10 heteroatoms. The third kappa shape index (κ3) is 62.8. The Labute approximate surface area is 512 Å². The Hall–Kier alpha value is -3.59. The summed E-state index contributed by atoms with van der Waals surface area (Å²) in [6, 6.07) is -0.882. The molecule has 0 aliphatic rings. The lowest BCUT2D eigenvalue weighted by molar-refractivity contribution is -0.870. The van der Waals surface area contributed by atoms with Gasteiger partial charge in [-0.1, -0.05) is 265 Å². The van der Waals surface area contributed by atoms with E-state index in [-0.39, 0.29) is 37.9 Å². The van der Waals surface area contributed by atoms with Crippen molar-refractivity contribution in [2.45, 2.75) is 290 Å². The number of phosphoric acid groups is 1. The zero-order chi connectivity index (χ0) is 60.7. The van der Waals surface area contributed by atoms with E-state index >= 15 is 0 Å². The fourth-order valence-electron chi connectivity index (χ4n) is 9.19. The van der Waals surface area contributed by atoms with Gasteiger partial charge < -0.3 is 19.4 Å². The Morgan fingerprint density at radius 3 is 1.19 bits per heavy atom. The van der Waals surface area contributed by atoms with Gasteiger partial charge in [0.1, 0.15) is 19.3 Å². The average molecular weight is 1180 g/mol. The molecule has 0 heterocycles. The molecule has 0 aromatic carbocycles. The summed E-state index contributed by atoms with van der Waals surface area (Å²) in [5.41, 5.74) is 0. The number of phosphoric ester groups is 1. The Kier molecular flexibility index (Phi) is 58.8. The molecule has 0 bridgehead atoms. The van der Waals surface area contributed by atoms with E-state index in [4.69, 9.17) is 13.8 Å². The molecule has 0 fully saturated rings. The maximum atomic E-state index is 13.6. The fourth-order valence-corrected chi connectivity index (χ4v) is 9.92. The molecule has 2 N–H and O–H groups in total. The standard InChI is InChI=1S/C73H127N2O7P/c1-7-10-13-16-19-22-25-28-30-32-34-36-37-39-41-43-45-48-51-54-57-60-63-66-73(77)82-71(64-61-58-55-52-49-46-27-24-21-18-15-12-9-3)70(69-81-83(78,79)80-68-67-75(4,5)6)74-72(76)65-62-59-56-53-50-47-44-42-40-38-35-33-31-29-26-23-20-17-14-11-8-2/h11,14,19-20,22-23,28-31,34-36,38,42,44,50,53,61,64,70-71H,7-10,12-13,15-18,21,24-27,32-33,37,39-41,43,45-49,51-52,54-60,62-63,65-69H2,1-6H3,(H-,74,76,78,79)/p+1/b14-11-,22-19-,23-20-,30-28-,31-29-,36-34-,38-35-,44-42-,53-50-,64-61+. The third-order valence-electron chi connectivity index (χ3n) is 14.4. The van der Waals surface area contributed by atoms with E-state index < -0.39 is 20.0 Å². The van der Waals surface area contributed by atoms with Crippen LogP contribution in [0.4, 0.5) is 0 Å². The summed E-state index contributed by atoms with van der Waals surface area (Å²) in [4.78, 5) is 37.8. The quantitative estimate of drug-likeness (QED) is 0.0205. The largest absolute Gasteiger partial charge is 0.472 e. The van der Waals surface area contributed by atoms with Crippen molar-refractivity contribution >= 4 is 19.7 Å². The summed E-state index contributed by atoms with van der Waals surface area (Å²) in [6.45, 7) is 6.84. The number of hydrogen-bond donors (Lipinski definition) is 2. The molecule has 9 nitrogen and oxygen atoms in total. The van der Waals surface area contributed by atoms with E-state index in [9.17, 15) is 19.0 Å². The van der Waals surface area contributed by atoms with Crippen LogP contribution in [0.2, 0.25) is 0 Å². The van der Waals surface area contributed by atoms with Crippen LogP contribution >= 0.6 is 7.82 Å². The van der Waals surface area contributed by atoms with Crippen LogP contribution in [-0.4, -0.2) is 74.3 Å². The SMILES string of the molecule is CC/C=C\C/C=C\C/C=C\C/C=C\C/C=C\C/C=C\CCCCC(=O)NC(COP(=O)(O)OCC[N+](C)(C)C)C(/C=C/CCCCCCCCCCCCC)OC(=O)CCCCCCCCCCCC/C=C\C/C=C\C/C=C\CCCCC. The van der Waals surface area contributed by atoms with E-state index in [0.717, 1.165) is 116 Å². The van der Waals surface area contributed by atoms with Gasteiger partial charge in [-0.25, -0.2) is 4.57 Å². The molecule has 83 heavy (non-hydrogen) atoms. The number of allylic oxidation sites excluding steroid dienone is 19. The molecule has 0 aliphatic carbocycles. The number of esters is 1. The molecule has 0 saturated heterocycles. The van der Waals surface area contributed by atoms with Crippen molar-refractivity contribution < 1.29 is 37.3 Å². The summed E-state index contributed by atoms with van der Waals surface area (Å²) >= 11 is 0. The summed E-state index contributed by atoms with van der Waals surface area (Å²) in [6.07, 6.45) is 86.3. The number of carbonyl (C=O) groups excluding carboxylic acids is 2. The van der Waals surface area contributed by atoms with Crippen molar-refractivity contribution in [2.24, 2.45) is 0 Å². The minimum atomic E-state index is -4.47. The Morgan fingerprint density at radius 2 is 0.771 bits per heavy atom. The van der Waals surface area contributed by atoms with E-state index in [2.05, 4.69) is 135 Å². The van der Waals surface area contributed by atoms with Crippen molar-refractivity contribution in [1.29, 1.82) is 0 Å². The predicted octanol–water partition coefficient (Wildman–Crippen LogP) is 21.4. The molecule has 0 aromatic heterocycles. The highest BCUT2D eigenvalue weighted by Crippen LogP contribution is 2.43. The van der Waals surface area contributed by atoms with Crippen LogP contribution in [-0.2, 0) is 27.9 Å². The summed E-state index contributed by atoms with van der Waals surface area (Å²) in [7, 11) is 1.45. The number of likely N-dealkylation sites (N-methyl/N-ethyl adjacent to an activating group) is 1. The van der Waals surface area contributed by atoms with Gasteiger partial charge in [0.25, 0.3) is 0 Å². The zero-order valence-electron chi connectivity index (χ0n) is 54.4. The number of quaternary nitrogens is 1. The highest BCUT2D eigenvalue weighted by atomic mass is 31.2.